The van der Waals surface area contributed by atoms with Crippen molar-refractivity contribution in [3.63, 3.8) is 0 Å². The molecule has 1 aliphatic rings. The van der Waals surface area contributed by atoms with Gasteiger partial charge >= 0.3 is 0 Å². The number of amides is 1. The quantitative estimate of drug-likeness (QED) is 0.398. The standard InChI is InChI=1S/C21H30N6O3/c1-22-21(23-13-17-6-4-7-19(12-17)30-11-5-10-29-3)26-8-9-27(20(28)16-26)18-14-24-25(2)15-18/h4,6-7,12,14-15H,5,8-11,13,16H2,1-3H3,(H,22,23). The first-order chi connectivity index (χ1) is 14.6. The number of guanidine groups is 1. The van der Waals surface area contributed by atoms with Crippen LogP contribution in [-0.2, 0) is 23.1 Å². The molecule has 0 spiro atoms. The van der Waals surface area contributed by atoms with Gasteiger partial charge in [0, 0.05) is 60.1 Å². The summed E-state index contributed by atoms with van der Waals surface area (Å²) in [6.45, 7) is 3.47. The van der Waals surface area contributed by atoms with E-state index in [0.29, 0.717) is 38.8 Å². The number of carbonyl (C=O) groups is 1. The molecule has 0 atom stereocenters. The Bertz CT molecular complexity index is 866. The van der Waals surface area contributed by atoms with Gasteiger partial charge in [-0.05, 0) is 17.7 Å². The molecule has 1 aromatic carbocycles. The summed E-state index contributed by atoms with van der Waals surface area (Å²) in [7, 11) is 5.26. The van der Waals surface area contributed by atoms with Gasteiger partial charge in [0.25, 0.3) is 0 Å². The average Bonchev–Trinajstić information content (AvgIpc) is 3.18. The second-order valence-corrected chi connectivity index (χ2v) is 7.08. The Morgan fingerprint density at radius 2 is 2.17 bits per heavy atom. The van der Waals surface area contributed by atoms with Crippen LogP contribution in [-0.4, -0.2) is 73.6 Å². The topological polar surface area (TPSA) is 84.2 Å². The molecule has 0 radical (unpaired) electrons. The fourth-order valence-corrected chi connectivity index (χ4v) is 3.33. The van der Waals surface area contributed by atoms with E-state index in [0.717, 1.165) is 23.4 Å². The summed E-state index contributed by atoms with van der Waals surface area (Å²) in [5.41, 5.74) is 1.91. The minimum Gasteiger partial charge on any atom is -0.493 e. The van der Waals surface area contributed by atoms with E-state index in [1.165, 1.54) is 0 Å². The third kappa shape index (κ3) is 5.73. The van der Waals surface area contributed by atoms with Crippen molar-refractivity contribution in [3.8, 4) is 5.75 Å². The van der Waals surface area contributed by atoms with Crippen LogP contribution in [0.15, 0.2) is 41.7 Å². The first-order valence-corrected chi connectivity index (χ1v) is 10.1. The molecule has 0 saturated carbocycles. The van der Waals surface area contributed by atoms with Gasteiger partial charge in [-0.1, -0.05) is 12.1 Å². The minimum atomic E-state index is 0.0312. The van der Waals surface area contributed by atoms with Crippen LogP contribution in [0.1, 0.15) is 12.0 Å². The molecule has 0 bridgehead atoms. The Morgan fingerprint density at radius 3 is 2.87 bits per heavy atom. The van der Waals surface area contributed by atoms with Gasteiger partial charge in [-0.25, -0.2) is 0 Å². The number of aryl methyl sites for hydroxylation is 1. The molecule has 1 amide bonds. The van der Waals surface area contributed by atoms with Gasteiger partial charge in [0.2, 0.25) is 5.91 Å². The van der Waals surface area contributed by atoms with Crippen molar-refractivity contribution in [1.82, 2.24) is 20.0 Å². The number of hydrogen-bond donors (Lipinski definition) is 1. The number of benzene rings is 1. The molecule has 2 aromatic rings. The van der Waals surface area contributed by atoms with E-state index >= 15 is 0 Å². The molecule has 2 heterocycles. The summed E-state index contributed by atoms with van der Waals surface area (Å²) in [6, 6.07) is 7.97. The number of methoxy groups -OCH3 is 1. The molecule has 0 unspecified atom stereocenters. The molecule has 3 rings (SSSR count). The third-order valence-electron chi connectivity index (χ3n) is 4.85. The van der Waals surface area contributed by atoms with Gasteiger partial charge in [-0.2, -0.15) is 5.10 Å². The van der Waals surface area contributed by atoms with E-state index in [4.69, 9.17) is 9.47 Å². The van der Waals surface area contributed by atoms with Crippen molar-refractivity contribution in [2.45, 2.75) is 13.0 Å². The van der Waals surface area contributed by atoms with E-state index < -0.39 is 0 Å². The van der Waals surface area contributed by atoms with E-state index in [9.17, 15) is 4.79 Å². The van der Waals surface area contributed by atoms with Crippen LogP contribution >= 0.6 is 0 Å². The summed E-state index contributed by atoms with van der Waals surface area (Å²) in [4.78, 5) is 20.7. The number of aliphatic imine (C=N–C) groups is 1. The number of hydrogen-bond acceptors (Lipinski definition) is 5. The van der Waals surface area contributed by atoms with E-state index in [2.05, 4.69) is 15.4 Å². The zero-order valence-electron chi connectivity index (χ0n) is 17.9. The number of nitrogens with zero attached hydrogens (tertiary/aromatic N) is 5. The van der Waals surface area contributed by atoms with Crippen LogP contribution in [0.3, 0.4) is 0 Å². The van der Waals surface area contributed by atoms with E-state index in [1.807, 2.05) is 42.4 Å². The zero-order chi connectivity index (χ0) is 21.3. The molecule has 0 aliphatic carbocycles. The van der Waals surface area contributed by atoms with Gasteiger partial charge < -0.3 is 24.6 Å². The van der Waals surface area contributed by atoms with Gasteiger partial charge in [-0.15, -0.1) is 0 Å². The SMILES string of the molecule is CN=C(NCc1cccc(OCCCOC)c1)N1CCN(c2cnn(C)c2)C(=O)C1. The van der Waals surface area contributed by atoms with Crippen molar-refractivity contribution in [3.05, 3.63) is 42.2 Å². The fraction of sp³-hybridized carbons (Fsp3) is 0.476. The molecule has 30 heavy (non-hydrogen) atoms. The maximum absolute atomic E-state index is 12.6. The monoisotopic (exact) mass is 414 g/mol. The number of aromatic nitrogens is 2. The Hall–Kier alpha value is -3.07. The fourth-order valence-electron chi connectivity index (χ4n) is 3.33. The summed E-state index contributed by atoms with van der Waals surface area (Å²) < 4.78 is 12.5. The summed E-state index contributed by atoms with van der Waals surface area (Å²) in [6.07, 6.45) is 4.42. The number of carbonyl (C=O) groups excluding carboxylic acids is 1. The highest BCUT2D eigenvalue weighted by molar-refractivity contribution is 5.98. The Morgan fingerprint density at radius 1 is 1.30 bits per heavy atom. The molecule has 1 aliphatic heterocycles. The van der Waals surface area contributed by atoms with E-state index in [1.54, 1.807) is 29.9 Å². The first-order valence-electron chi connectivity index (χ1n) is 10.1. The van der Waals surface area contributed by atoms with Crippen LogP contribution in [0.4, 0.5) is 5.69 Å². The zero-order valence-corrected chi connectivity index (χ0v) is 17.9. The number of rotatable bonds is 8. The average molecular weight is 415 g/mol. The molecule has 9 heteroatoms. The van der Waals surface area contributed by atoms with Crippen molar-refractivity contribution < 1.29 is 14.3 Å². The van der Waals surface area contributed by atoms with Crippen LogP contribution in [0.25, 0.3) is 0 Å². The number of piperazine rings is 1. The lowest BCUT2D eigenvalue weighted by Crippen LogP contribution is -2.55. The number of nitrogens with one attached hydrogen (secondary N) is 1. The summed E-state index contributed by atoms with van der Waals surface area (Å²) in [5, 5.41) is 7.50. The lowest BCUT2D eigenvalue weighted by atomic mass is 10.2. The molecule has 1 fully saturated rings. The predicted molar refractivity (Wildman–Crippen MR) is 116 cm³/mol. The molecular formula is C21H30N6O3. The largest absolute Gasteiger partial charge is 0.493 e. The normalized spacial score (nSPS) is 14.9. The maximum Gasteiger partial charge on any atom is 0.246 e. The highest BCUT2D eigenvalue weighted by atomic mass is 16.5. The molecule has 1 saturated heterocycles. The first kappa shape index (κ1) is 21.6. The van der Waals surface area contributed by atoms with Crippen LogP contribution < -0.4 is 15.0 Å². The van der Waals surface area contributed by atoms with Crippen LogP contribution in [0.2, 0.25) is 0 Å². The van der Waals surface area contributed by atoms with Crippen LogP contribution in [0.5, 0.6) is 5.75 Å². The summed E-state index contributed by atoms with van der Waals surface area (Å²) in [5.74, 6) is 1.57. The molecular weight excluding hydrogens is 384 g/mol. The lowest BCUT2D eigenvalue weighted by Gasteiger charge is -2.35. The van der Waals surface area contributed by atoms with Crippen molar-refractivity contribution >= 4 is 17.6 Å². The van der Waals surface area contributed by atoms with Gasteiger partial charge in [-0.3, -0.25) is 14.5 Å². The third-order valence-corrected chi connectivity index (χ3v) is 4.85. The predicted octanol–water partition coefficient (Wildman–Crippen LogP) is 1.26. The molecule has 1 N–H and O–H groups in total. The number of anilines is 1. The minimum absolute atomic E-state index is 0.0312. The van der Waals surface area contributed by atoms with Gasteiger partial charge in [0.1, 0.15) is 12.3 Å². The highest BCUT2D eigenvalue weighted by Gasteiger charge is 2.27. The van der Waals surface area contributed by atoms with Crippen molar-refractivity contribution in [2.75, 3.05) is 51.9 Å². The Kier molecular flexibility index (Phi) is 7.67. The van der Waals surface area contributed by atoms with Crippen LogP contribution in [0, 0.1) is 0 Å². The van der Waals surface area contributed by atoms with Gasteiger partial charge in [0.15, 0.2) is 5.96 Å². The van der Waals surface area contributed by atoms with Crippen molar-refractivity contribution in [1.29, 1.82) is 0 Å². The Labute approximate surface area is 177 Å². The van der Waals surface area contributed by atoms with Gasteiger partial charge in [0.05, 0.1) is 18.5 Å². The maximum atomic E-state index is 12.6. The molecule has 162 valence electrons. The molecule has 1 aromatic heterocycles. The Balaban J connectivity index is 1.52. The van der Waals surface area contributed by atoms with E-state index in [-0.39, 0.29) is 12.5 Å². The summed E-state index contributed by atoms with van der Waals surface area (Å²) >= 11 is 0. The molecule has 9 nitrogen and oxygen atoms in total. The lowest BCUT2D eigenvalue weighted by molar-refractivity contribution is -0.120. The van der Waals surface area contributed by atoms with Crippen molar-refractivity contribution in [2.24, 2.45) is 12.0 Å². The smallest absolute Gasteiger partial charge is 0.246 e. The second kappa shape index (κ2) is 10.6. The highest BCUT2D eigenvalue weighted by Crippen LogP contribution is 2.17. The second-order valence-electron chi connectivity index (χ2n) is 7.08. The number of ether oxygens (including phenoxy) is 2.